The second kappa shape index (κ2) is 4.14. The highest BCUT2D eigenvalue weighted by Crippen LogP contribution is 2.30. The van der Waals surface area contributed by atoms with Crippen LogP contribution in [0.25, 0.3) is 16.2 Å². The summed E-state index contributed by atoms with van der Waals surface area (Å²) >= 11 is 7.46. The highest BCUT2D eigenvalue weighted by molar-refractivity contribution is 7.19. The van der Waals surface area contributed by atoms with Crippen molar-refractivity contribution in [3.05, 3.63) is 46.6 Å². The van der Waals surface area contributed by atoms with Crippen molar-refractivity contribution in [2.45, 2.75) is 6.54 Å². The summed E-state index contributed by atoms with van der Waals surface area (Å²) in [6.07, 6.45) is 4.00. The Morgan fingerprint density at radius 1 is 1.24 bits per heavy atom. The van der Waals surface area contributed by atoms with Crippen molar-refractivity contribution in [2.24, 2.45) is 5.73 Å². The van der Waals surface area contributed by atoms with Gasteiger partial charge in [0.1, 0.15) is 5.65 Å². The summed E-state index contributed by atoms with van der Waals surface area (Å²) in [5.74, 6) is 0. The van der Waals surface area contributed by atoms with Crippen LogP contribution in [0.15, 0.2) is 36.7 Å². The predicted octanol–water partition coefficient (Wildman–Crippen LogP) is 3.17. The molecule has 0 aliphatic carbocycles. The van der Waals surface area contributed by atoms with Gasteiger partial charge in [-0.3, -0.25) is 0 Å². The van der Waals surface area contributed by atoms with Crippen molar-refractivity contribution < 1.29 is 0 Å². The zero-order valence-corrected chi connectivity index (χ0v) is 10.5. The van der Waals surface area contributed by atoms with Crippen LogP contribution in [-0.2, 0) is 6.54 Å². The van der Waals surface area contributed by atoms with Crippen LogP contribution >= 0.6 is 22.9 Å². The average Bonchev–Trinajstić information content (AvgIpc) is 2.93. The van der Waals surface area contributed by atoms with Gasteiger partial charge in [-0.15, -0.1) is 11.3 Å². The van der Waals surface area contributed by atoms with Gasteiger partial charge in [0.15, 0.2) is 0 Å². The van der Waals surface area contributed by atoms with Crippen LogP contribution in [0.2, 0.25) is 4.34 Å². The highest BCUT2D eigenvalue weighted by Gasteiger charge is 2.06. The number of imidazole rings is 1. The van der Waals surface area contributed by atoms with E-state index >= 15 is 0 Å². The molecular formula is C12H10ClN3S. The number of aromatic nitrogens is 2. The fourth-order valence-electron chi connectivity index (χ4n) is 1.73. The second-order valence-electron chi connectivity index (χ2n) is 3.74. The SMILES string of the molecule is NCc1ccc2nc(-c3ccc(Cl)s3)cn2c1. The van der Waals surface area contributed by atoms with Gasteiger partial charge in [0.2, 0.25) is 0 Å². The third-order valence-electron chi connectivity index (χ3n) is 2.57. The number of rotatable bonds is 2. The van der Waals surface area contributed by atoms with E-state index in [9.17, 15) is 0 Å². The Morgan fingerprint density at radius 3 is 2.82 bits per heavy atom. The van der Waals surface area contributed by atoms with Crippen molar-refractivity contribution in [1.82, 2.24) is 9.38 Å². The van der Waals surface area contributed by atoms with Gasteiger partial charge in [-0.25, -0.2) is 4.98 Å². The third-order valence-corrected chi connectivity index (χ3v) is 3.83. The molecule has 0 aromatic carbocycles. The maximum absolute atomic E-state index is 5.92. The quantitative estimate of drug-likeness (QED) is 0.772. The predicted molar refractivity (Wildman–Crippen MR) is 71.4 cm³/mol. The summed E-state index contributed by atoms with van der Waals surface area (Å²) in [4.78, 5) is 5.62. The molecule has 3 nitrogen and oxygen atoms in total. The largest absolute Gasteiger partial charge is 0.326 e. The van der Waals surface area contributed by atoms with E-state index in [1.165, 1.54) is 11.3 Å². The Morgan fingerprint density at radius 2 is 2.12 bits per heavy atom. The van der Waals surface area contributed by atoms with Crippen LogP contribution in [0.4, 0.5) is 0 Å². The lowest BCUT2D eigenvalue weighted by molar-refractivity contribution is 1.03. The first-order chi connectivity index (χ1) is 8.26. The minimum Gasteiger partial charge on any atom is -0.326 e. The zero-order valence-electron chi connectivity index (χ0n) is 8.93. The zero-order chi connectivity index (χ0) is 11.8. The van der Waals surface area contributed by atoms with Gasteiger partial charge < -0.3 is 10.1 Å². The number of nitrogens with two attached hydrogens (primary N) is 1. The molecule has 5 heteroatoms. The van der Waals surface area contributed by atoms with E-state index in [2.05, 4.69) is 4.98 Å². The molecule has 0 saturated carbocycles. The topological polar surface area (TPSA) is 43.3 Å². The number of fused-ring (bicyclic) bond motifs is 1. The molecule has 3 aromatic heterocycles. The first kappa shape index (κ1) is 10.8. The number of halogens is 1. The lowest BCUT2D eigenvalue weighted by Gasteiger charge is -1.96. The van der Waals surface area contributed by atoms with Gasteiger partial charge >= 0.3 is 0 Å². The Hall–Kier alpha value is -1.36. The summed E-state index contributed by atoms with van der Waals surface area (Å²) in [7, 11) is 0. The highest BCUT2D eigenvalue weighted by atomic mass is 35.5. The monoisotopic (exact) mass is 263 g/mol. The van der Waals surface area contributed by atoms with Crippen LogP contribution < -0.4 is 5.73 Å². The van der Waals surface area contributed by atoms with Crippen molar-refractivity contribution in [1.29, 1.82) is 0 Å². The first-order valence-corrected chi connectivity index (χ1v) is 6.39. The van der Waals surface area contributed by atoms with E-state index in [-0.39, 0.29) is 0 Å². The normalized spacial score (nSPS) is 11.2. The Labute approximate surface area is 107 Å². The van der Waals surface area contributed by atoms with Crippen LogP contribution in [0.3, 0.4) is 0 Å². The standard InChI is InChI=1S/C12H10ClN3S/c13-11-3-2-10(17-11)9-7-16-6-8(5-14)1-4-12(16)15-9/h1-4,6-7H,5,14H2. The molecule has 0 aliphatic heterocycles. The lowest BCUT2D eigenvalue weighted by atomic mass is 10.3. The van der Waals surface area contributed by atoms with Gasteiger partial charge in [0, 0.05) is 18.9 Å². The molecule has 86 valence electrons. The minimum absolute atomic E-state index is 0.536. The van der Waals surface area contributed by atoms with Crippen LogP contribution in [0.5, 0.6) is 0 Å². The molecule has 2 N–H and O–H groups in total. The molecular weight excluding hydrogens is 254 g/mol. The maximum Gasteiger partial charge on any atom is 0.137 e. The number of nitrogens with zero attached hydrogens (tertiary/aromatic N) is 2. The van der Waals surface area contributed by atoms with E-state index in [0.717, 1.165) is 26.1 Å². The molecule has 0 fully saturated rings. The van der Waals surface area contributed by atoms with Crippen LogP contribution in [-0.4, -0.2) is 9.38 Å². The molecule has 0 spiro atoms. The van der Waals surface area contributed by atoms with E-state index < -0.39 is 0 Å². The summed E-state index contributed by atoms with van der Waals surface area (Å²) in [6.45, 7) is 0.536. The minimum atomic E-state index is 0.536. The molecule has 0 atom stereocenters. The van der Waals surface area contributed by atoms with E-state index in [4.69, 9.17) is 17.3 Å². The Balaban J connectivity index is 2.13. The average molecular weight is 264 g/mol. The van der Waals surface area contributed by atoms with Gasteiger partial charge in [0.25, 0.3) is 0 Å². The van der Waals surface area contributed by atoms with Crippen LogP contribution in [0.1, 0.15) is 5.56 Å². The van der Waals surface area contributed by atoms with E-state index in [1.807, 2.05) is 41.1 Å². The molecule has 3 rings (SSSR count). The summed E-state index contributed by atoms with van der Waals surface area (Å²) in [6, 6.07) is 7.84. The molecule has 0 unspecified atom stereocenters. The fourth-order valence-corrected chi connectivity index (χ4v) is 2.73. The smallest absolute Gasteiger partial charge is 0.137 e. The van der Waals surface area contributed by atoms with E-state index in [0.29, 0.717) is 6.54 Å². The third kappa shape index (κ3) is 1.95. The molecule has 0 amide bonds. The van der Waals surface area contributed by atoms with Crippen molar-refractivity contribution >= 4 is 28.6 Å². The summed E-state index contributed by atoms with van der Waals surface area (Å²) in [5, 5.41) is 0. The molecule has 3 aromatic rings. The number of hydrogen-bond donors (Lipinski definition) is 1. The summed E-state index contributed by atoms with van der Waals surface area (Å²) in [5.41, 5.74) is 8.56. The molecule has 0 radical (unpaired) electrons. The van der Waals surface area contributed by atoms with E-state index in [1.54, 1.807) is 0 Å². The summed E-state index contributed by atoms with van der Waals surface area (Å²) < 4.78 is 2.77. The number of hydrogen-bond acceptors (Lipinski definition) is 3. The van der Waals surface area contributed by atoms with Gasteiger partial charge in [-0.05, 0) is 23.8 Å². The molecule has 0 aliphatic rings. The molecule has 17 heavy (non-hydrogen) atoms. The molecule has 3 heterocycles. The number of thiophene rings is 1. The van der Waals surface area contributed by atoms with Crippen molar-refractivity contribution in [3.63, 3.8) is 0 Å². The van der Waals surface area contributed by atoms with Gasteiger partial charge in [-0.2, -0.15) is 0 Å². The second-order valence-corrected chi connectivity index (χ2v) is 5.45. The fraction of sp³-hybridized carbons (Fsp3) is 0.0833. The first-order valence-electron chi connectivity index (χ1n) is 5.19. The Kier molecular flexibility index (Phi) is 2.63. The molecule has 0 bridgehead atoms. The number of pyridine rings is 1. The lowest BCUT2D eigenvalue weighted by Crippen LogP contribution is -1.97. The van der Waals surface area contributed by atoms with Gasteiger partial charge in [-0.1, -0.05) is 17.7 Å². The Bertz CT molecular complexity index is 671. The van der Waals surface area contributed by atoms with Gasteiger partial charge in [0.05, 0.1) is 14.9 Å². The van der Waals surface area contributed by atoms with Crippen molar-refractivity contribution in [2.75, 3.05) is 0 Å². The van der Waals surface area contributed by atoms with Crippen molar-refractivity contribution in [3.8, 4) is 10.6 Å². The molecule has 0 saturated heterocycles. The van der Waals surface area contributed by atoms with Crippen LogP contribution in [0, 0.1) is 0 Å². The maximum atomic E-state index is 5.92.